The summed E-state index contributed by atoms with van der Waals surface area (Å²) in [5.74, 6) is 1.27. The lowest BCUT2D eigenvalue weighted by molar-refractivity contribution is 0.301. The largest absolute Gasteiger partial charge is 0.487 e. The highest BCUT2D eigenvalue weighted by atomic mass is 16.5. The maximum absolute atomic E-state index is 6.00. The first kappa shape index (κ1) is 20.0. The molecule has 0 saturated carbocycles. The molecule has 0 spiro atoms. The first-order valence-electron chi connectivity index (χ1n) is 11.0. The molecule has 0 N–H and O–H groups in total. The number of hydrogen-bond donors (Lipinski definition) is 0. The molecular formula is C27H20N6O. The first-order chi connectivity index (χ1) is 16.8. The maximum Gasteiger partial charge on any atom is 0.223 e. The van der Waals surface area contributed by atoms with Gasteiger partial charge in [0.25, 0.3) is 0 Å². The van der Waals surface area contributed by atoms with Crippen molar-refractivity contribution in [1.29, 1.82) is 0 Å². The van der Waals surface area contributed by atoms with Gasteiger partial charge < -0.3 is 4.74 Å². The van der Waals surface area contributed by atoms with Crippen LogP contribution in [-0.4, -0.2) is 30.2 Å². The highest BCUT2D eigenvalue weighted by molar-refractivity contribution is 5.80. The van der Waals surface area contributed by atoms with Crippen molar-refractivity contribution in [3.8, 4) is 17.3 Å². The lowest BCUT2D eigenvalue weighted by Gasteiger charge is -2.08. The van der Waals surface area contributed by atoms with Crippen molar-refractivity contribution in [1.82, 2.24) is 30.2 Å². The lowest BCUT2D eigenvalue weighted by Crippen LogP contribution is -2.05. The molecule has 0 bridgehead atoms. The minimum atomic E-state index is 0.396. The summed E-state index contributed by atoms with van der Waals surface area (Å²) < 4.78 is 6.00. The van der Waals surface area contributed by atoms with Gasteiger partial charge in [0.1, 0.15) is 18.1 Å². The second-order valence-electron chi connectivity index (χ2n) is 7.96. The molecule has 3 aromatic carbocycles. The van der Waals surface area contributed by atoms with Crippen LogP contribution in [0.4, 0.5) is 0 Å². The number of aromatic nitrogens is 6. The van der Waals surface area contributed by atoms with Crippen molar-refractivity contribution in [2.75, 3.05) is 0 Å². The van der Waals surface area contributed by atoms with E-state index < -0.39 is 0 Å². The molecule has 0 fully saturated rings. The van der Waals surface area contributed by atoms with Crippen molar-refractivity contribution in [3.63, 3.8) is 0 Å². The van der Waals surface area contributed by atoms with Crippen molar-refractivity contribution in [2.45, 2.75) is 13.2 Å². The third-order valence-electron chi connectivity index (χ3n) is 5.55. The van der Waals surface area contributed by atoms with Gasteiger partial charge in [0.2, 0.25) is 5.82 Å². The summed E-state index contributed by atoms with van der Waals surface area (Å²) >= 11 is 0. The Kier molecular flexibility index (Phi) is 5.12. The van der Waals surface area contributed by atoms with Gasteiger partial charge in [-0.25, -0.2) is 9.97 Å². The van der Waals surface area contributed by atoms with Gasteiger partial charge in [-0.15, -0.1) is 10.2 Å². The minimum Gasteiger partial charge on any atom is -0.487 e. The second kappa shape index (κ2) is 8.71. The van der Waals surface area contributed by atoms with Crippen LogP contribution in [0.3, 0.4) is 0 Å². The molecule has 0 saturated heterocycles. The van der Waals surface area contributed by atoms with E-state index in [4.69, 9.17) is 4.74 Å². The molecule has 0 radical (unpaired) electrons. The number of pyridine rings is 2. The van der Waals surface area contributed by atoms with E-state index in [0.717, 1.165) is 38.8 Å². The van der Waals surface area contributed by atoms with Gasteiger partial charge >= 0.3 is 0 Å². The smallest absolute Gasteiger partial charge is 0.223 e. The number of hydrogen-bond acceptors (Lipinski definition) is 6. The van der Waals surface area contributed by atoms with Crippen LogP contribution in [-0.2, 0) is 13.2 Å². The van der Waals surface area contributed by atoms with Crippen LogP contribution in [0, 0.1) is 0 Å². The number of fused-ring (bicyclic) bond motifs is 2. The topological polar surface area (TPSA) is 78.6 Å². The Morgan fingerprint density at radius 3 is 2.32 bits per heavy atom. The second-order valence-corrected chi connectivity index (χ2v) is 7.96. The summed E-state index contributed by atoms with van der Waals surface area (Å²) in [6.45, 7) is 0.875. The van der Waals surface area contributed by atoms with Gasteiger partial charge in [0, 0.05) is 10.8 Å². The molecular weight excluding hydrogens is 424 g/mol. The molecule has 0 amide bonds. The zero-order chi connectivity index (χ0) is 22.7. The zero-order valence-corrected chi connectivity index (χ0v) is 18.2. The number of ether oxygens (including phenoxy) is 1. The summed E-state index contributed by atoms with van der Waals surface area (Å²) in [7, 11) is 0. The highest BCUT2D eigenvalue weighted by Gasteiger charge is 2.09. The molecule has 7 nitrogen and oxygen atoms in total. The van der Waals surface area contributed by atoms with Crippen LogP contribution in [0.2, 0.25) is 0 Å². The fraction of sp³-hybridized carbons (Fsp3) is 0.0741. The van der Waals surface area contributed by atoms with E-state index in [9.17, 15) is 0 Å². The van der Waals surface area contributed by atoms with Crippen molar-refractivity contribution < 1.29 is 4.74 Å². The van der Waals surface area contributed by atoms with Gasteiger partial charge in [-0.2, -0.15) is 4.80 Å². The molecule has 0 unspecified atom stereocenters. The quantitative estimate of drug-likeness (QED) is 0.357. The van der Waals surface area contributed by atoms with Gasteiger partial charge in [-0.05, 0) is 47.2 Å². The molecule has 0 aliphatic heterocycles. The van der Waals surface area contributed by atoms with Crippen LogP contribution < -0.4 is 4.74 Å². The van der Waals surface area contributed by atoms with Crippen molar-refractivity contribution in [2.24, 2.45) is 0 Å². The van der Waals surface area contributed by atoms with Crippen molar-refractivity contribution >= 4 is 21.8 Å². The fourth-order valence-corrected chi connectivity index (χ4v) is 3.85. The van der Waals surface area contributed by atoms with Gasteiger partial charge in [0.05, 0.1) is 23.3 Å². The zero-order valence-electron chi connectivity index (χ0n) is 18.2. The number of benzene rings is 3. The molecule has 6 rings (SSSR count). The molecule has 0 aliphatic rings. The van der Waals surface area contributed by atoms with Gasteiger partial charge in [-0.3, -0.25) is 0 Å². The predicted octanol–water partition coefficient (Wildman–Crippen LogP) is 5.06. The Morgan fingerprint density at radius 2 is 1.47 bits per heavy atom. The summed E-state index contributed by atoms with van der Waals surface area (Å²) in [6.07, 6.45) is 0. The monoisotopic (exact) mass is 444 g/mol. The first-order valence-corrected chi connectivity index (χ1v) is 11.0. The Bertz CT molecular complexity index is 1610. The number of tetrazole rings is 1. The lowest BCUT2D eigenvalue weighted by atomic mass is 10.2. The molecule has 0 aliphatic carbocycles. The normalized spacial score (nSPS) is 11.2. The molecule has 0 atom stereocenters. The van der Waals surface area contributed by atoms with E-state index in [1.165, 1.54) is 0 Å². The van der Waals surface area contributed by atoms with E-state index in [-0.39, 0.29) is 0 Å². The number of para-hydroxylation sites is 2. The summed E-state index contributed by atoms with van der Waals surface area (Å²) in [5.41, 5.74) is 4.47. The molecule has 3 aromatic heterocycles. The molecule has 34 heavy (non-hydrogen) atoms. The van der Waals surface area contributed by atoms with Gasteiger partial charge in [-0.1, -0.05) is 60.7 Å². The molecule has 7 heteroatoms. The third kappa shape index (κ3) is 4.19. The maximum atomic E-state index is 6.00. The Morgan fingerprint density at radius 1 is 0.706 bits per heavy atom. The molecule has 6 aromatic rings. The van der Waals surface area contributed by atoms with Crippen LogP contribution in [0.15, 0.2) is 97.1 Å². The minimum absolute atomic E-state index is 0.396. The Hall–Kier alpha value is -4.65. The SMILES string of the molecule is c1cc(Cn2nnc(-c3ccc4ccccc4n3)n2)cc(OCc2ccc3ccccc3n2)c1. The van der Waals surface area contributed by atoms with Crippen LogP contribution in [0.25, 0.3) is 33.3 Å². The van der Waals surface area contributed by atoms with E-state index in [1.54, 1.807) is 4.80 Å². The van der Waals surface area contributed by atoms with Crippen LogP contribution in [0.1, 0.15) is 11.3 Å². The van der Waals surface area contributed by atoms with Crippen LogP contribution in [0.5, 0.6) is 5.75 Å². The van der Waals surface area contributed by atoms with Gasteiger partial charge in [0.15, 0.2) is 0 Å². The van der Waals surface area contributed by atoms with E-state index in [1.807, 2.05) is 84.9 Å². The van der Waals surface area contributed by atoms with E-state index in [2.05, 4.69) is 37.5 Å². The molecule has 164 valence electrons. The highest BCUT2D eigenvalue weighted by Crippen LogP contribution is 2.19. The third-order valence-corrected chi connectivity index (χ3v) is 5.55. The van der Waals surface area contributed by atoms with E-state index in [0.29, 0.717) is 24.7 Å². The average molecular weight is 444 g/mol. The Labute approximate surface area is 195 Å². The standard InChI is InChI=1S/C27H20N6O/c1-3-10-24-20(7-1)12-14-22(28-24)18-34-23-9-5-6-19(16-23)17-33-31-27(30-32-33)26-15-13-21-8-2-4-11-25(21)29-26/h1-16H,17-18H2. The van der Waals surface area contributed by atoms with Crippen LogP contribution >= 0.6 is 0 Å². The fourth-order valence-electron chi connectivity index (χ4n) is 3.85. The number of rotatable bonds is 6. The number of nitrogens with zero attached hydrogens (tertiary/aromatic N) is 6. The summed E-state index contributed by atoms with van der Waals surface area (Å²) in [6, 6.07) is 31.9. The van der Waals surface area contributed by atoms with E-state index >= 15 is 0 Å². The average Bonchev–Trinajstić information content (AvgIpc) is 3.36. The Balaban J connectivity index is 1.15. The molecule has 3 heterocycles. The predicted molar refractivity (Wildman–Crippen MR) is 130 cm³/mol. The summed E-state index contributed by atoms with van der Waals surface area (Å²) in [5, 5.41) is 15.1. The summed E-state index contributed by atoms with van der Waals surface area (Å²) in [4.78, 5) is 10.9. The van der Waals surface area contributed by atoms with Crippen molar-refractivity contribution in [3.05, 3.63) is 108 Å².